The number of anilines is 1. The van der Waals surface area contributed by atoms with Crippen LogP contribution in [0.25, 0.3) is 5.69 Å². The molecule has 0 unspecified atom stereocenters. The second-order valence-electron chi connectivity index (χ2n) is 6.02. The summed E-state index contributed by atoms with van der Waals surface area (Å²) in [6, 6.07) is 18.5. The average Bonchev–Trinajstić information content (AvgIpc) is 3.25. The van der Waals surface area contributed by atoms with Gasteiger partial charge in [-0.15, -0.1) is 0 Å². The molecular formula is C20H16N4O. The van der Waals surface area contributed by atoms with Crippen LogP contribution >= 0.6 is 0 Å². The van der Waals surface area contributed by atoms with E-state index in [4.69, 9.17) is 10.4 Å². The summed E-state index contributed by atoms with van der Waals surface area (Å²) in [5.41, 5.74) is 4.00. The van der Waals surface area contributed by atoms with Crippen molar-refractivity contribution >= 4 is 11.7 Å². The van der Waals surface area contributed by atoms with E-state index < -0.39 is 0 Å². The van der Waals surface area contributed by atoms with Crippen molar-refractivity contribution in [2.45, 2.75) is 19.3 Å². The Labute approximate surface area is 145 Å². The summed E-state index contributed by atoms with van der Waals surface area (Å²) in [5, 5.41) is 16.7. The molecule has 3 aromatic rings. The van der Waals surface area contributed by atoms with Gasteiger partial charge in [0.15, 0.2) is 0 Å². The normalized spacial score (nSPS) is 12.4. The first-order valence-electron chi connectivity index (χ1n) is 8.24. The van der Waals surface area contributed by atoms with E-state index in [9.17, 15) is 4.79 Å². The fraction of sp³-hybridized carbons (Fsp3) is 0.150. The highest BCUT2D eigenvalue weighted by molar-refractivity contribution is 6.04. The Morgan fingerprint density at radius 2 is 1.96 bits per heavy atom. The van der Waals surface area contributed by atoms with Crippen LogP contribution in [-0.4, -0.2) is 15.7 Å². The second-order valence-corrected chi connectivity index (χ2v) is 6.02. The summed E-state index contributed by atoms with van der Waals surface area (Å²) >= 11 is 0. The van der Waals surface area contributed by atoms with Crippen LogP contribution in [0.15, 0.2) is 54.6 Å². The molecule has 0 radical (unpaired) electrons. The van der Waals surface area contributed by atoms with E-state index in [1.54, 1.807) is 28.9 Å². The first-order chi connectivity index (χ1) is 12.3. The molecule has 1 heterocycles. The lowest BCUT2D eigenvalue weighted by Gasteiger charge is -2.11. The molecule has 122 valence electrons. The van der Waals surface area contributed by atoms with E-state index in [0.29, 0.717) is 11.1 Å². The maximum Gasteiger partial charge on any atom is 0.256 e. The van der Waals surface area contributed by atoms with E-state index in [-0.39, 0.29) is 5.91 Å². The van der Waals surface area contributed by atoms with E-state index in [1.165, 1.54) is 0 Å². The number of fused-ring (bicyclic) bond motifs is 1. The first kappa shape index (κ1) is 15.2. The van der Waals surface area contributed by atoms with Gasteiger partial charge in [-0.1, -0.05) is 24.3 Å². The molecule has 0 atom stereocenters. The number of hydrogen-bond donors (Lipinski definition) is 1. The number of nitriles is 1. The number of nitrogens with zero attached hydrogens (tertiary/aromatic N) is 3. The molecule has 5 nitrogen and oxygen atoms in total. The molecule has 1 amide bonds. The Hall–Kier alpha value is -3.39. The molecule has 0 spiro atoms. The highest BCUT2D eigenvalue weighted by atomic mass is 16.1. The number of hydrogen-bond acceptors (Lipinski definition) is 3. The standard InChI is InChI=1S/C20H16N4O/c21-13-14-6-4-7-15(12-14)20(25)22-19-17-10-5-11-18(17)23-24(19)16-8-2-1-3-9-16/h1-4,6-9,12H,5,10-11H2,(H,22,25). The van der Waals surface area contributed by atoms with Crippen LogP contribution in [0.5, 0.6) is 0 Å². The topological polar surface area (TPSA) is 70.7 Å². The van der Waals surface area contributed by atoms with Gasteiger partial charge in [0.2, 0.25) is 0 Å². The molecule has 0 fully saturated rings. The van der Waals surface area contributed by atoms with Gasteiger partial charge in [0.25, 0.3) is 5.91 Å². The summed E-state index contributed by atoms with van der Waals surface area (Å²) in [5.74, 6) is 0.495. The molecule has 0 saturated heterocycles. The summed E-state index contributed by atoms with van der Waals surface area (Å²) in [4.78, 5) is 12.7. The third kappa shape index (κ3) is 2.79. The molecule has 25 heavy (non-hydrogen) atoms. The Morgan fingerprint density at radius 1 is 1.12 bits per heavy atom. The monoisotopic (exact) mass is 328 g/mol. The number of carbonyl (C=O) groups is 1. The van der Waals surface area contributed by atoms with Gasteiger partial charge in [-0.2, -0.15) is 10.4 Å². The first-order valence-corrected chi connectivity index (χ1v) is 8.24. The number of aromatic nitrogens is 2. The van der Waals surface area contributed by atoms with Crippen molar-refractivity contribution in [1.82, 2.24) is 9.78 Å². The van der Waals surface area contributed by atoms with Crippen molar-refractivity contribution in [3.63, 3.8) is 0 Å². The summed E-state index contributed by atoms with van der Waals surface area (Å²) in [7, 11) is 0. The maximum absolute atomic E-state index is 12.7. The second kappa shape index (κ2) is 6.25. The lowest BCUT2D eigenvalue weighted by molar-refractivity contribution is 0.102. The zero-order valence-electron chi connectivity index (χ0n) is 13.6. The number of carbonyl (C=O) groups excluding carboxylic acids is 1. The molecule has 1 aliphatic rings. The Balaban J connectivity index is 1.73. The third-order valence-corrected chi connectivity index (χ3v) is 4.39. The van der Waals surface area contributed by atoms with Gasteiger partial charge in [0, 0.05) is 11.1 Å². The highest BCUT2D eigenvalue weighted by Gasteiger charge is 2.24. The molecular weight excluding hydrogens is 312 g/mol. The van der Waals surface area contributed by atoms with Gasteiger partial charge in [-0.25, -0.2) is 4.68 Å². The van der Waals surface area contributed by atoms with Crippen molar-refractivity contribution < 1.29 is 4.79 Å². The van der Waals surface area contributed by atoms with Crippen molar-refractivity contribution in [1.29, 1.82) is 5.26 Å². The van der Waals surface area contributed by atoms with Crippen molar-refractivity contribution in [3.8, 4) is 11.8 Å². The number of amides is 1. The minimum absolute atomic E-state index is 0.233. The molecule has 5 heteroatoms. The third-order valence-electron chi connectivity index (χ3n) is 4.39. The predicted molar refractivity (Wildman–Crippen MR) is 94.7 cm³/mol. The van der Waals surface area contributed by atoms with Crippen LogP contribution in [0.3, 0.4) is 0 Å². The fourth-order valence-corrected chi connectivity index (χ4v) is 3.19. The average molecular weight is 328 g/mol. The Morgan fingerprint density at radius 3 is 2.76 bits per heavy atom. The van der Waals surface area contributed by atoms with Crippen LogP contribution < -0.4 is 5.32 Å². The highest BCUT2D eigenvalue weighted by Crippen LogP contribution is 2.31. The number of nitrogens with one attached hydrogen (secondary N) is 1. The number of rotatable bonds is 3. The van der Waals surface area contributed by atoms with Crippen LogP contribution in [0.2, 0.25) is 0 Å². The molecule has 2 aromatic carbocycles. The van der Waals surface area contributed by atoms with Gasteiger partial charge >= 0.3 is 0 Å². The van der Waals surface area contributed by atoms with Gasteiger partial charge in [-0.05, 0) is 49.6 Å². The lowest BCUT2D eigenvalue weighted by atomic mass is 10.1. The number of benzene rings is 2. The zero-order valence-corrected chi connectivity index (χ0v) is 13.6. The van der Waals surface area contributed by atoms with E-state index in [1.807, 2.05) is 30.3 Å². The van der Waals surface area contributed by atoms with Gasteiger partial charge < -0.3 is 5.32 Å². The van der Waals surface area contributed by atoms with Crippen LogP contribution in [-0.2, 0) is 12.8 Å². The van der Waals surface area contributed by atoms with E-state index in [0.717, 1.165) is 42.0 Å². The number of aryl methyl sites for hydroxylation is 1. The minimum atomic E-state index is -0.233. The van der Waals surface area contributed by atoms with Crippen LogP contribution in [0.4, 0.5) is 5.82 Å². The lowest BCUT2D eigenvalue weighted by Crippen LogP contribution is -2.16. The molecule has 0 bridgehead atoms. The summed E-state index contributed by atoms with van der Waals surface area (Å²) in [6.45, 7) is 0. The zero-order chi connectivity index (χ0) is 17.2. The number of para-hydroxylation sites is 1. The van der Waals surface area contributed by atoms with Gasteiger partial charge in [0.05, 0.1) is 23.0 Å². The minimum Gasteiger partial charge on any atom is -0.306 e. The van der Waals surface area contributed by atoms with Crippen LogP contribution in [0, 0.1) is 11.3 Å². The van der Waals surface area contributed by atoms with Crippen molar-refractivity contribution in [3.05, 3.63) is 77.0 Å². The SMILES string of the molecule is N#Cc1cccc(C(=O)Nc2c3c(nn2-c2ccccc2)CCC3)c1. The maximum atomic E-state index is 12.7. The Bertz CT molecular complexity index is 983. The van der Waals surface area contributed by atoms with Crippen LogP contribution in [0.1, 0.15) is 33.6 Å². The molecule has 1 aromatic heterocycles. The fourth-order valence-electron chi connectivity index (χ4n) is 3.19. The van der Waals surface area contributed by atoms with Gasteiger partial charge in [0.1, 0.15) is 5.82 Å². The quantitative estimate of drug-likeness (QED) is 0.800. The van der Waals surface area contributed by atoms with Gasteiger partial charge in [-0.3, -0.25) is 4.79 Å². The van der Waals surface area contributed by atoms with Crippen molar-refractivity contribution in [2.75, 3.05) is 5.32 Å². The molecule has 1 N–H and O–H groups in total. The molecule has 0 saturated carbocycles. The summed E-state index contributed by atoms with van der Waals surface area (Å²) < 4.78 is 1.80. The van der Waals surface area contributed by atoms with E-state index >= 15 is 0 Å². The predicted octanol–water partition coefficient (Wildman–Crippen LogP) is 3.48. The Kier molecular flexibility index (Phi) is 3.79. The largest absolute Gasteiger partial charge is 0.306 e. The molecule has 4 rings (SSSR count). The van der Waals surface area contributed by atoms with Crippen molar-refractivity contribution in [2.24, 2.45) is 0 Å². The molecule has 1 aliphatic carbocycles. The smallest absolute Gasteiger partial charge is 0.256 e. The summed E-state index contributed by atoms with van der Waals surface area (Å²) in [6.07, 6.45) is 2.90. The van der Waals surface area contributed by atoms with E-state index in [2.05, 4.69) is 11.4 Å². The molecule has 0 aliphatic heterocycles.